The fourth-order valence-electron chi connectivity index (χ4n) is 3.45. The van der Waals surface area contributed by atoms with Gasteiger partial charge in [0.1, 0.15) is 5.82 Å². The standard InChI is InChI=1S/C23H29FN6O2/c1-4-29-14-19(16(3)28-29)13-27-30-8-7-15(2)21(23(30)32)10-22(31)26-12-18-9-20(24)6-5-17(18)11-25/h5-9,14,27H,4,10-13,25H2,1-3H3,(H,26,31). The molecule has 1 aromatic carbocycles. The van der Waals surface area contributed by atoms with E-state index >= 15 is 0 Å². The molecular weight excluding hydrogens is 411 g/mol. The number of pyridine rings is 1. The highest BCUT2D eigenvalue weighted by Gasteiger charge is 2.13. The van der Waals surface area contributed by atoms with Gasteiger partial charge >= 0.3 is 0 Å². The minimum absolute atomic E-state index is 0.0761. The summed E-state index contributed by atoms with van der Waals surface area (Å²) in [5.41, 5.74) is 12.9. The number of hydrogen-bond donors (Lipinski definition) is 3. The Morgan fingerprint density at radius 3 is 2.62 bits per heavy atom. The lowest BCUT2D eigenvalue weighted by Crippen LogP contribution is -2.34. The summed E-state index contributed by atoms with van der Waals surface area (Å²) in [6.07, 6.45) is 3.52. The summed E-state index contributed by atoms with van der Waals surface area (Å²) in [6, 6.07) is 6.09. The fourth-order valence-corrected chi connectivity index (χ4v) is 3.45. The van der Waals surface area contributed by atoms with Crippen LogP contribution < -0.4 is 22.0 Å². The Kier molecular flexibility index (Phi) is 7.42. The molecule has 32 heavy (non-hydrogen) atoms. The number of halogens is 1. The van der Waals surface area contributed by atoms with E-state index in [1.165, 1.54) is 16.8 Å². The summed E-state index contributed by atoms with van der Waals surface area (Å²) in [5, 5.41) is 7.16. The predicted molar refractivity (Wildman–Crippen MR) is 121 cm³/mol. The zero-order valence-electron chi connectivity index (χ0n) is 18.6. The van der Waals surface area contributed by atoms with Gasteiger partial charge in [0.15, 0.2) is 0 Å². The van der Waals surface area contributed by atoms with Crippen molar-refractivity contribution in [1.82, 2.24) is 19.8 Å². The van der Waals surface area contributed by atoms with Crippen molar-refractivity contribution in [3.8, 4) is 0 Å². The van der Waals surface area contributed by atoms with Gasteiger partial charge in [-0.2, -0.15) is 5.10 Å². The number of rotatable bonds is 9. The van der Waals surface area contributed by atoms with Gasteiger partial charge in [-0.1, -0.05) is 6.07 Å². The molecule has 0 spiro atoms. The number of carbonyl (C=O) groups excluding carboxylic acids is 1. The zero-order chi connectivity index (χ0) is 23.3. The van der Waals surface area contributed by atoms with Crippen molar-refractivity contribution < 1.29 is 9.18 Å². The maximum atomic E-state index is 13.5. The molecule has 3 aromatic rings. The summed E-state index contributed by atoms with van der Waals surface area (Å²) >= 11 is 0. The molecule has 0 radical (unpaired) electrons. The van der Waals surface area contributed by atoms with Crippen molar-refractivity contribution in [1.29, 1.82) is 0 Å². The molecule has 0 atom stereocenters. The molecule has 9 heteroatoms. The van der Waals surface area contributed by atoms with Crippen molar-refractivity contribution in [3.63, 3.8) is 0 Å². The van der Waals surface area contributed by atoms with Crippen molar-refractivity contribution in [2.75, 3.05) is 5.43 Å². The van der Waals surface area contributed by atoms with Crippen LogP contribution in [0.2, 0.25) is 0 Å². The fraction of sp³-hybridized carbons (Fsp3) is 0.348. The average molecular weight is 441 g/mol. The molecule has 0 aliphatic carbocycles. The van der Waals surface area contributed by atoms with Gasteiger partial charge in [-0.05, 0) is 55.7 Å². The van der Waals surface area contributed by atoms with Crippen LogP contribution in [0.1, 0.15) is 40.4 Å². The minimum atomic E-state index is -0.390. The summed E-state index contributed by atoms with van der Waals surface area (Å²) < 4.78 is 16.8. The maximum absolute atomic E-state index is 13.5. The summed E-state index contributed by atoms with van der Waals surface area (Å²) in [6.45, 7) is 7.32. The number of carbonyl (C=O) groups is 1. The predicted octanol–water partition coefficient (Wildman–Crippen LogP) is 1.88. The molecule has 2 aromatic heterocycles. The van der Waals surface area contributed by atoms with E-state index in [2.05, 4.69) is 15.8 Å². The van der Waals surface area contributed by atoms with Crippen LogP contribution >= 0.6 is 0 Å². The third-order valence-electron chi connectivity index (χ3n) is 5.44. The van der Waals surface area contributed by atoms with Crippen molar-refractivity contribution in [3.05, 3.63) is 86.3 Å². The van der Waals surface area contributed by atoms with Crippen LogP contribution in [-0.4, -0.2) is 20.4 Å². The molecule has 0 unspecified atom stereocenters. The zero-order valence-corrected chi connectivity index (χ0v) is 18.6. The topological polar surface area (TPSA) is 107 Å². The number of aromatic nitrogens is 3. The van der Waals surface area contributed by atoms with Gasteiger partial charge in [0.05, 0.1) is 18.7 Å². The number of amides is 1. The first-order chi connectivity index (χ1) is 15.3. The molecule has 0 saturated carbocycles. The normalized spacial score (nSPS) is 10.9. The van der Waals surface area contributed by atoms with E-state index in [-0.39, 0.29) is 36.8 Å². The number of aryl methyl sites for hydroxylation is 3. The smallest absolute Gasteiger partial charge is 0.272 e. The van der Waals surface area contributed by atoms with E-state index in [0.29, 0.717) is 17.7 Å². The number of benzene rings is 1. The van der Waals surface area contributed by atoms with Crippen molar-refractivity contribution in [2.24, 2.45) is 5.73 Å². The second-order valence-corrected chi connectivity index (χ2v) is 7.65. The molecule has 0 aliphatic rings. The third-order valence-corrected chi connectivity index (χ3v) is 5.44. The van der Waals surface area contributed by atoms with Gasteiger partial charge in [0.25, 0.3) is 5.56 Å². The van der Waals surface area contributed by atoms with Crippen LogP contribution in [0, 0.1) is 19.7 Å². The average Bonchev–Trinajstić information content (AvgIpc) is 3.14. The molecule has 0 fully saturated rings. The van der Waals surface area contributed by atoms with Crippen LogP contribution in [0.15, 0.2) is 41.5 Å². The van der Waals surface area contributed by atoms with E-state index in [4.69, 9.17) is 5.73 Å². The molecule has 4 N–H and O–H groups in total. The SMILES string of the molecule is CCn1cc(CNn2ccc(C)c(CC(=O)NCc3cc(F)ccc3CN)c2=O)c(C)n1. The number of hydrogen-bond acceptors (Lipinski definition) is 5. The van der Waals surface area contributed by atoms with Gasteiger partial charge in [-0.25, -0.2) is 9.07 Å². The highest BCUT2D eigenvalue weighted by molar-refractivity contribution is 5.78. The first-order valence-electron chi connectivity index (χ1n) is 10.5. The highest BCUT2D eigenvalue weighted by Crippen LogP contribution is 2.11. The molecule has 0 bridgehead atoms. The first kappa shape index (κ1) is 23.2. The Hall–Kier alpha value is -3.46. The van der Waals surface area contributed by atoms with Crippen LogP contribution in [0.3, 0.4) is 0 Å². The van der Waals surface area contributed by atoms with Crippen molar-refractivity contribution in [2.45, 2.75) is 53.4 Å². The van der Waals surface area contributed by atoms with E-state index in [0.717, 1.165) is 28.9 Å². The summed E-state index contributed by atoms with van der Waals surface area (Å²) in [7, 11) is 0. The Bertz CT molecular complexity index is 1170. The highest BCUT2D eigenvalue weighted by atomic mass is 19.1. The van der Waals surface area contributed by atoms with E-state index in [9.17, 15) is 14.0 Å². The van der Waals surface area contributed by atoms with Gasteiger partial charge in [-0.3, -0.25) is 14.3 Å². The van der Waals surface area contributed by atoms with E-state index in [1.807, 2.05) is 24.7 Å². The lowest BCUT2D eigenvalue weighted by molar-refractivity contribution is -0.120. The summed E-state index contributed by atoms with van der Waals surface area (Å²) in [5.74, 6) is -0.714. The van der Waals surface area contributed by atoms with E-state index < -0.39 is 0 Å². The second kappa shape index (κ2) is 10.2. The Morgan fingerprint density at radius 2 is 1.94 bits per heavy atom. The summed E-state index contributed by atoms with van der Waals surface area (Å²) in [4.78, 5) is 25.5. The van der Waals surface area contributed by atoms with Crippen LogP contribution in [-0.2, 0) is 37.4 Å². The first-order valence-corrected chi connectivity index (χ1v) is 10.5. The Balaban J connectivity index is 1.68. The molecule has 0 aliphatic heterocycles. The molecule has 170 valence electrons. The molecule has 8 nitrogen and oxygen atoms in total. The number of nitrogens with two attached hydrogens (primary N) is 1. The van der Waals surface area contributed by atoms with Gasteiger partial charge < -0.3 is 16.5 Å². The van der Waals surface area contributed by atoms with Crippen LogP contribution in [0.4, 0.5) is 4.39 Å². The van der Waals surface area contributed by atoms with Gasteiger partial charge in [-0.15, -0.1) is 0 Å². The number of nitrogens with one attached hydrogen (secondary N) is 2. The third kappa shape index (κ3) is 5.42. The molecular formula is C23H29FN6O2. The molecule has 2 heterocycles. The largest absolute Gasteiger partial charge is 0.352 e. The van der Waals surface area contributed by atoms with Crippen molar-refractivity contribution >= 4 is 5.91 Å². The Labute approximate surface area is 186 Å². The lowest BCUT2D eigenvalue weighted by Gasteiger charge is -2.13. The second-order valence-electron chi connectivity index (χ2n) is 7.65. The van der Waals surface area contributed by atoms with E-state index in [1.54, 1.807) is 25.3 Å². The monoisotopic (exact) mass is 440 g/mol. The minimum Gasteiger partial charge on any atom is -0.352 e. The van der Waals surface area contributed by atoms with Gasteiger partial charge in [0, 0.05) is 43.2 Å². The van der Waals surface area contributed by atoms with Gasteiger partial charge in [0.2, 0.25) is 5.91 Å². The molecule has 1 amide bonds. The quantitative estimate of drug-likeness (QED) is 0.471. The van der Waals surface area contributed by atoms with Crippen LogP contribution in [0.25, 0.3) is 0 Å². The Morgan fingerprint density at radius 1 is 1.16 bits per heavy atom. The number of nitrogens with zero attached hydrogens (tertiary/aromatic N) is 3. The van der Waals surface area contributed by atoms with Crippen LogP contribution in [0.5, 0.6) is 0 Å². The maximum Gasteiger partial charge on any atom is 0.272 e. The lowest BCUT2D eigenvalue weighted by atomic mass is 10.1. The molecule has 3 rings (SSSR count). The molecule has 0 saturated heterocycles.